The van der Waals surface area contributed by atoms with Crippen LogP contribution in [0.1, 0.15) is 17.0 Å². The largest absolute Gasteiger partial charge is 0.493 e. The quantitative estimate of drug-likeness (QED) is 0.868. The molecular formula is C19H20O6. The van der Waals surface area contributed by atoms with Gasteiger partial charge in [0.2, 0.25) is 0 Å². The molecule has 0 fully saturated rings. The number of aliphatic carboxylic acids is 1. The summed E-state index contributed by atoms with van der Waals surface area (Å²) in [5.41, 5.74) is 1.52. The summed E-state index contributed by atoms with van der Waals surface area (Å²) in [6, 6.07) is 10.7. The molecule has 0 aliphatic carbocycles. The molecule has 0 aromatic heterocycles. The second kappa shape index (κ2) is 7.34. The van der Waals surface area contributed by atoms with Gasteiger partial charge in [-0.3, -0.25) is 4.79 Å². The number of carboxylic acid groups (broad SMARTS) is 1. The van der Waals surface area contributed by atoms with E-state index in [1.807, 2.05) is 6.07 Å². The van der Waals surface area contributed by atoms with Gasteiger partial charge in [0.25, 0.3) is 0 Å². The normalized spacial score (nSPS) is 13.8. The molecule has 0 amide bonds. The fraction of sp³-hybridized carbons (Fsp3) is 0.316. The fourth-order valence-electron chi connectivity index (χ4n) is 2.87. The van der Waals surface area contributed by atoms with Crippen LogP contribution in [0.15, 0.2) is 36.4 Å². The predicted molar refractivity (Wildman–Crippen MR) is 91.1 cm³/mol. The minimum absolute atomic E-state index is 0.329. The highest BCUT2D eigenvalue weighted by Crippen LogP contribution is 2.35. The summed E-state index contributed by atoms with van der Waals surface area (Å²) in [5.74, 6) is 0.816. The van der Waals surface area contributed by atoms with Gasteiger partial charge in [-0.2, -0.15) is 0 Å². The zero-order valence-corrected chi connectivity index (χ0v) is 14.2. The van der Waals surface area contributed by atoms with Crippen molar-refractivity contribution < 1.29 is 28.8 Å². The van der Waals surface area contributed by atoms with Crippen LogP contribution >= 0.6 is 0 Å². The van der Waals surface area contributed by atoms with E-state index < -0.39 is 11.9 Å². The summed E-state index contributed by atoms with van der Waals surface area (Å²) in [7, 11) is 3.11. The number of benzene rings is 2. The fourth-order valence-corrected chi connectivity index (χ4v) is 2.87. The maximum Gasteiger partial charge on any atom is 0.311 e. The standard InChI is InChI=1S/C19H20O6/c1-22-15-5-3-12(10-17(15)23-2)9-14(19(20)21)13-4-6-16-18(11-13)25-8-7-24-16/h3-6,10-11,14H,7-9H2,1-2H3,(H,20,21). The third-order valence-corrected chi connectivity index (χ3v) is 4.15. The Hall–Kier alpha value is -2.89. The van der Waals surface area contributed by atoms with Crippen molar-refractivity contribution in [3.8, 4) is 23.0 Å². The zero-order valence-electron chi connectivity index (χ0n) is 14.2. The van der Waals surface area contributed by atoms with E-state index in [2.05, 4.69) is 0 Å². The van der Waals surface area contributed by atoms with E-state index in [1.165, 1.54) is 0 Å². The van der Waals surface area contributed by atoms with Crippen LogP contribution in [0.4, 0.5) is 0 Å². The maximum atomic E-state index is 11.8. The van der Waals surface area contributed by atoms with Gasteiger partial charge < -0.3 is 24.1 Å². The van der Waals surface area contributed by atoms with Crippen LogP contribution in [0.5, 0.6) is 23.0 Å². The molecule has 6 nitrogen and oxygen atoms in total. The van der Waals surface area contributed by atoms with Crippen LogP contribution < -0.4 is 18.9 Å². The van der Waals surface area contributed by atoms with Crippen molar-refractivity contribution in [3.05, 3.63) is 47.5 Å². The van der Waals surface area contributed by atoms with Gasteiger partial charge >= 0.3 is 5.97 Å². The highest BCUT2D eigenvalue weighted by molar-refractivity contribution is 5.77. The van der Waals surface area contributed by atoms with E-state index in [0.717, 1.165) is 5.56 Å². The van der Waals surface area contributed by atoms with Crippen LogP contribution in [0.25, 0.3) is 0 Å². The molecule has 2 aromatic rings. The average molecular weight is 344 g/mol. The number of ether oxygens (including phenoxy) is 4. The second-order valence-corrected chi connectivity index (χ2v) is 5.69. The number of rotatable bonds is 6. The first-order valence-electron chi connectivity index (χ1n) is 7.95. The van der Waals surface area contributed by atoms with Crippen molar-refractivity contribution in [2.75, 3.05) is 27.4 Å². The topological polar surface area (TPSA) is 74.2 Å². The Morgan fingerprint density at radius 2 is 1.76 bits per heavy atom. The summed E-state index contributed by atoms with van der Waals surface area (Å²) < 4.78 is 21.6. The molecule has 0 saturated heterocycles. The third kappa shape index (κ3) is 3.63. The minimum atomic E-state index is -0.897. The predicted octanol–water partition coefficient (Wildman–Crippen LogP) is 2.89. The summed E-state index contributed by atoms with van der Waals surface area (Å²) in [6.45, 7) is 0.963. The van der Waals surface area contributed by atoms with Crippen molar-refractivity contribution in [1.29, 1.82) is 0 Å². The number of fused-ring (bicyclic) bond motifs is 1. The summed E-state index contributed by atoms with van der Waals surface area (Å²) in [4.78, 5) is 11.8. The van der Waals surface area contributed by atoms with E-state index in [0.29, 0.717) is 48.2 Å². The molecule has 0 radical (unpaired) electrons. The van der Waals surface area contributed by atoms with E-state index in [-0.39, 0.29) is 0 Å². The molecule has 0 bridgehead atoms. The van der Waals surface area contributed by atoms with Crippen molar-refractivity contribution in [2.24, 2.45) is 0 Å². The van der Waals surface area contributed by atoms with Crippen LogP contribution in [0, 0.1) is 0 Å². The van der Waals surface area contributed by atoms with Gasteiger partial charge in [-0.05, 0) is 41.8 Å². The molecule has 0 spiro atoms. The first-order chi connectivity index (χ1) is 12.1. The highest BCUT2D eigenvalue weighted by atomic mass is 16.6. The van der Waals surface area contributed by atoms with Crippen LogP contribution in [-0.2, 0) is 11.2 Å². The monoisotopic (exact) mass is 344 g/mol. The first kappa shape index (κ1) is 17.0. The minimum Gasteiger partial charge on any atom is -0.493 e. The van der Waals surface area contributed by atoms with Gasteiger partial charge in [-0.15, -0.1) is 0 Å². The lowest BCUT2D eigenvalue weighted by molar-refractivity contribution is -0.138. The van der Waals surface area contributed by atoms with Crippen molar-refractivity contribution in [3.63, 3.8) is 0 Å². The molecule has 1 atom stereocenters. The van der Waals surface area contributed by atoms with E-state index in [1.54, 1.807) is 44.6 Å². The maximum absolute atomic E-state index is 11.8. The molecule has 1 aliphatic heterocycles. The van der Waals surface area contributed by atoms with E-state index >= 15 is 0 Å². The lowest BCUT2D eigenvalue weighted by Gasteiger charge is -2.21. The molecule has 1 N–H and O–H groups in total. The van der Waals surface area contributed by atoms with Gasteiger partial charge in [0.1, 0.15) is 13.2 Å². The Balaban J connectivity index is 1.88. The molecule has 1 aliphatic rings. The molecule has 2 aromatic carbocycles. The second-order valence-electron chi connectivity index (χ2n) is 5.69. The van der Waals surface area contributed by atoms with Gasteiger partial charge in [0.15, 0.2) is 23.0 Å². The van der Waals surface area contributed by atoms with Crippen molar-refractivity contribution in [1.82, 2.24) is 0 Å². The molecule has 0 saturated carbocycles. The van der Waals surface area contributed by atoms with E-state index in [9.17, 15) is 9.90 Å². The lowest BCUT2D eigenvalue weighted by atomic mass is 9.91. The van der Waals surface area contributed by atoms with Gasteiger partial charge in [0.05, 0.1) is 20.1 Å². The summed E-state index contributed by atoms with van der Waals surface area (Å²) in [6.07, 6.45) is 0.329. The number of carbonyl (C=O) groups is 1. The van der Waals surface area contributed by atoms with Gasteiger partial charge in [0, 0.05) is 0 Å². The van der Waals surface area contributed by atoms with E-state index in [4.69, 9.17) is 18.9 Å². The Morgan fingerprint density at radius 3 is 2.44 bits per heavy atom. The number of hydrogen-bond donors (Lipinski definition) is 1. The molecule has 1 unspecified atom stereocenters. The highest BCUT2D eigenvalue weighted by Gasteiger charge is 2.23. The Labute approximate surface area is 145 Å². The Bertz CT molecular complexity index is 771. The van der Waals surface area contributed by atoms with Crippen molar-refractivity contribution in [2.45, 2.75) is 12.3 Å². The van der Waals surface area contributed by atoms with Gasteiger partial charge in [-0.25, -0.2) is 0 Å². The third-order valence-electron chi connectivity index (χ3n) is 4.15. The number of hydrogen-bond acceptors (Lipinski definition) is 5. The van der Waals surface area contributed by atoms with Crippen LogP contribution in [-0.4, -0.2) is 38.5 Å². The molecular weight excluding hydrogens is 324 g/mol. The Kier molecular flexibility index (Phi) is 4.97. The average Bonchev–Trinajstić information content (AvgIpc) is 2.65. The molecule has 132 valence electrons. The van der Waals surface area contributed by atoms with Crippen LogP contribution in [0.3, 0.4) is 0 Å². The molecule has 6 heteroatoms. The number of methoxy groups -OCH3 is 2. The number of carboxylic acids is 1. The first-order valence-corrected chi connectivity index (χ1v) is 7.95. The Morgan fingerprint density at radius 1 is 1.04 bits per heavy atom. The summed E-state index contributed by atoms with van der Waals surface area (Å²) in [5, 5.41) is 9.69. The summed E-state index contributed by atoms with van der Waals surface area (Å²) >= 11 is 0. The van der Waals surface area contributed by atoms with Crippen molar-refractivity contribution >= 4 is 5.97 Å². The lowest BCUT2D eigenvalue weighted by Crippen LogP contribution is -2.18. The molecule has 1 heterocycles. The smallest absolute Gasteiger partial charge is 0.311 e. The SMILES string of the molecule is COc1ccc(CC(C(=O)O)c2ccc3c(c2)OCCO3)cc1OC. The molecule has 25 heavy (non-hydrogen) atoms. The van der Waals surface area contributed by atoms with Crippen LogP contribution in [0.2, 0.25) is 0 Å². The molecule has 3 rings (SSSR count). The van der Waals surface area contributed by atoms with Gasteiger partial charge in [-0.1, -0.05) is 12.1 Å². The zero-order chi connectivity index (χ0) is 17.8.